The SMILES string of the molecule is C=C1N=C/C=C\Cc2c(C)cc3c(c2O1)-c1ccc(Nc2ccc(C(C)(C)C)cc2)cc1C31C(C)=C(/C=C\C)C2C=CC=CC21. The maximum atomic E-state index is 6.60. The lowest BCUT2D eigenvalue weighted by Crippen LogP contribution is -2.34. The van der Waals surface area contributed by atoms with Gasteiger partial charge < -0.3 is 10.1 Å². The number of nitrogens with zero attached hydrogens (tertiary/aromatic N) is 1. The minimum Gasteiger partial charge on any atom is -0.439 e. The summed E-state index contributed by atoms with van der Waals surface area (Å²) in [6, 6.07) is 18.2. The van der Waals surface area contributed by atoms with Crippen molar-refractivity contribution in [1.29, 1.82) is 0 Å². The van der Waals surface area contributed by atoms with E-state index < -0.39 is 0 Å². The molecule has 3 heteroatoms. The number of anilines is 2. The second-order valence-corrected chi connectivity index (χ2v) is 13.8. The van der Waals surface area contributed by atoms with E-state index in [1.54, 1.807) is 6.21 Å². The third kappa shape index (κ3) is 4.51. The van der Waals surface area contributed by atoms with Crippen LogP contribution in [0.3, 0.4) is 0 Å². The Morgan fingerprint density at radius 1 is 0.956 bits per heavy atom. The van der Waals surface area contributed by atoms with Crippen molar-refractivity contribution in [2.75, 3.05) is 5.32 Å². The number of hydrogen-bond donors (Lipinski definition) is 1. The maximum Gasteiger partial charge on any atom is 0.211 e. The van der Waals surface area contributed by atoms with Gasteiger partial charge in [0.25, 0.3) is 0 Å². The molecule has 7 rings (SSSR count). The molecule has 1 aliphatic heterocycles. The normalized spacial score (nSPS) is 23.7. The highest BCUT2D eigenvalue weighted by atomic mass is 16.5. The van der Waals surface area contributed by atoms with Gasteiger partial charge in [-0.1, -0.05) is 93.1 Å². The topological polar surface area (TPSA) is 33.6 Å². The second kappa shape index (κ2) is 10.8. The Bertz CT molecular complexity index is 1910. The minimum atomic E-state index is -0.346. The van der Waals surface area contributed by atoms with Crippen LogP contribution in [0.4, 0.5) is 11.4 Å². The average Bonchev–Trinajstić information content (AvgIpc) is 3.46. The Morgan fingerprint density at radius 3 is 2.47 bits per heavy atom. The van der Waals surface area contributed by atoms with Crippen LogP contribution >= 0.6 is 0 Å². The molecule has 1 spiro atoms. The molecule has 3 aromatic rings. The van der Waals surface area contributed by atoms with E-state index in [1.807, 2.05) is 6.08 Å². The van der Waals surface area contributed by atoms with E-state index in [4.69, 9.17) is 4.74 Å². The molecule has 3 aliphatic carbocycles. The molecule has 3 unspecified atom stereocenters. The summed E-state index contributed by atoms with van der Waals surface area (Å²) in [5.74, 6) is 1.82. The highest BCUT2D eigenvalue weighted by Crippen LogP contribution is 2.66. The molecule has 0 saturated carbocycles. The Kier molecular flexibility index (Phi) is 6.96. The van der Waals surface area contributed by atoms with Crippen molar-refractivity contribution in [1.82, 2.24) is 0 Å². The highest BCUT2D eigenvalue weighted by molar-refractivity contribution is 5.92. The standard InChI is InChI=1S/C42H42N2O/c1-8-13-33-27(3)42(36-16-10-9-15-34(33)36)37-25-31(44-30-19-17-29(18-20-30)41(5,6)7)21-22-35(37)39-38(42)24-26(2)32-14-11-12-23-43-28(4)45-40(32)39/h8-13,15-25,34,36,44H,4,14H2,1-3,5-7H3/b12-11-,13-8-,43-23?. The van der Waals surface area contributed by atoms with E-state index in [0.717, 1.165) is 23.5 Å². The molecule has 1 N–H and O–H groups in total. The van der Waals surface area contributed by atoms with Crippen LogP contribution in [0.5, 0.6) is 5.75 Å². The number of nitrogens with one attached hydrogen (secondary N) is 1. The molecule has 3 nitrogen and oxygen atoms in total. The van der Waals surface area contributed by atoms with Crippen LogP contribution in [0.1, 0.15) is 62.4 Å². The molecule has 3 aromatic carbocycles. The number of ether oxygens (including phenoxy) is 1. The Labute approximate surface area is 268 Å². The van der Waals surface area contributed by atoms with Gasteiger partial charge in [-0.15, -0.1) is 0 Å². The molecule has 0 fully saturated rings. The number of hydrogen-bond acceptors (Lipinski definition) is 3. The van der Waals surface area contributed by atoms with Crippen LogP contribution < -0.4 is 10.1 Å². The Morgan fingerprint density at radius 2 is 1.71 bits per heavy atom. The van der Waals surface area contributed by atoms with Gasteiger partial charge in [-0.3, -0.25) is 0 Å². The summed E-state index contributed by atoms with van der Waals surface area (Å²) in [7, 11) is 0. The molecular weight excluding hydrogens is 548 g/mol. The average molecular weight is 591 g/mol. The summed E-state index contributed by atoms with van der Waals surface area (Å²) < 4.78 is 6.60. The van der Waals surface area contributed by atoms with E-state index in [2.05, 4.69) is 149 Å². The molecule has 45 heavy (non-hydrogen) atoms. The number of aliphatic imine (C=N–C) groups is 1. The van der Waals surface area contributed by atoms with E-state index in [0.29, 0.717) is 11.8 Å². The number of allylic oxidation sites excluding steroid dienone is 10. The molecule has 226 valence electrons. The predicted molar refractivity (Wildman–Crippen MR) is 190 cm³/mol. The molecule has 0 aromatic heterocycles. The molecule has 1 heterocycles. The number of fused-ring (bicyclic) bond motifs is 9. The van der Waals surface area contributed by atoms with Crippen LogP contribution in [-0.4, -0.2) is 6.21 Å². The van der Waals surface area contributed by atoms with E-state index in [1.165, 1.54) is 50.1 Å². The van der Waals surface area contributed by atoms with E-state index in [9.17, 15) is 0 Å². The lowest BCUT2D eigenvalue weighted by Gasteiger charge is -2.37. The molecule has 4 aliphatic rings. The zero-order valence-corrected chi connectivity index (χ0v) is 27.2. The number of benzene rings is 3. The highest BCUT2D eigenvalue weighted by Gasteiger charge is 2.57. The van der Waals surface area contributed by atoms with Gasteiger partial charge in [-0.05, 0) is 103 Å². The van der Waals surface area contributed by atoms with Crippen molar-refractivity contribution >= 4 is 17.6 Å². The van der Waals surface area contributed by atoms with Crippen LogP contribution in [0.25, 0.3) is 11.1 Å². The van der Waals surface area contributed by atoms with Crippen LogP contribution in [-0.2, 0) is 17.3 Å². The van der Waals surface area contributed by atoms with Gasteiger partial charge in [0.1, 0.15) is 5.75 Å². The predicted octanol–water partition coefficient (Wildman–Crippen LogP) is 10.6. The molecule has 0 bridgehead atoms. The lowest BCUT2D eigenvalue weighted by molar-refractivity contribution is 0.415. The summed E-state index contributed by atoms with van der Waals surface area (Å²) in [6.07, 6.45) is 20.4. The quantitative estimate of drug-likeness (QED) is 0.329. The molecule has 3 atom stereocenters. The van der Waals surface area contributed by atoms with Crippen molar-refractivity contribution in [3.63, 3.8) is 0 Å². The zero-order chi connectivity index (χ0) is 31.5. The van der Waals surface area contributed by atoms with Crippen molar-refractivity contribution in [2.24, 2.45) is 16.8 Å². The van der Waals surface area contributed by atoms with Gasteiger partial charge in [-0.25, -0.2) is 4.99 Å². The fourth-order valence-corrected chi connectivity index (χ4v) is 8.05. The van der Waals surface area contributed by atoms with Gasteiger partial charge in [0.05, 0.1) is 0 Å². The molecule has 0 amide bonds. The van der Waals surface area contributed by atoms with Crippen LogP contribution in [0, 0.1) is 18.8 Å². The third-order valence-electron chi connectivity index (χ3n) is 10.1. The number of aryl methyl sites for hydroxylation is 1. The summed E-state index contributed by atoms with van der Waals surface area (Å²) in [6.45, 7) is 17.6. The first-order valence-electron chi connectivity index (χ1n) is 16.1. The van der Waals surface area contributed by atoms with E-state index in [-0.39, 0.29) is 16.7 Å². The van der Waals surface area contributed by atoms with Crippen molar-refractivity contribution in [3.8, 4) is 16.9 Å². The van der Waals surface area contributed by atoms with Gasteiger partial charge in [0.15, 0.2) is 0 Å². The smallest absolute Gasteiger partial charge is 0.211 e. The first kappa shape index (κ1) is 29.1. The minimum absolute atomic E-state index is 0.113. The van der Waals surface area contributed by atoms with Gasteiger partial charge in [0.2, 0.25) is 5.88 Å². The van der Waals surface area contributed by atoms with Gasteiger partial charge in [0, 0.05) is 46.0 Å². The molecule has 0 saturated heterocycles. The Hall–Kier alpha value is -4.63. The van der Waals surface area contributed by atoms with Crippen LogP contribution in [0.2, 0.25) is 0 Å². The second-order valence-electron chi connectivity index (χ2n) is 13.8. The third-order valence-corrected chi connectivity index (χ3v) is 10.1. The summed E-state index contributed by atoms with van der Waals surface area (Å²) >= 11 is 0. The fourth-order valence-electron chi connectivity index (χ4n) is 8.05. The maximum absolute atomic E-state index is 6.60. The van der Waals surface area contributed by atoms with Crippen LogP contribution in [0.15, 0.2) is 126 Å². The fraction of sp³-hybridized carbons (Fsp3) is 0.262. The van der Waals surface area contributed by atoms with Gasteiger partial charge in [-0.2, -0.15) is 0 Å². The monoisotopic (exact) mass is 590 g/mol. The molecular formula is C42H42N2O. The molecule has 0 radical (unpaired) electrons. The van der Waals surface area contributed by atoms with Crippen molar-refractivity contribution < 1.29 is 4.74 Å². The summed E-state index contributed by atoms with van der Waals surface area (Å²) in [5, 5.41) is 3.74. The summed E-state index contributed by atoms with van der Waals surface area (Å²) in [5.41, 5.74) is 13.5. The van der Waals surface area contributed by atoms with E-state index >= 15 is 0 Å². The van der Waals surface area contributed by atoms with Crippen molar-refractivity contribution in [2.45, 2.75) is 58.8 Å². The van der Waals surface area contributed by atoms with Gasteiger partial charge >= 0.3 is 0 Å². The Balaban J connectivity index is 1.48. The lowest BCUT2D eigenvalue weighted by atomic mass is 9.64. The summed E-state index contributed by atoms with van der Waals surface area (Å²) in [4.78, 5) is 4.46. The van der Waals surface area contributed by atoms with Crippen molar-refractivity contribution in [3.05, 3.63) is 149 Å². The largest absolute Gasteiger partial charge is 0.439 e. The first-order chi connectivity index (χ1) is 21.6. The first-order valence-corrected chi connectivity index (χ1v) is 16.1. The zero-order valence-electron chi connectivity index (χ0n) is 27.2. The number of rotatable bonds is 3.